The van der Waals surface area contributed by atoms with Crippen molar-refractivity contribution in [2.75, 3.05) is 44.7 Å². The number of fused-ring (bicyclic) bond motifs is 1. The van der Waals surface area contributed by atoms with Crippen molar-refractivity contribution < 1.29 is 23.7 Å². The number of ether oxygens (including phenoxy) is 3. The van der Waals surface area contributed by atoms with E-state index < -0.39 is 8.32 Å². The molecule has 4 aromatic rings. The fourth-order valence-corrected chi connectivity index (χ4v) is 7.98. The van der Waals surface area contributed by atoms with Crippen molar-refractivity contribution in [1.29, 1.82) is 0 Å². The molecule has 260 valence electrons. The van der Waals surface area contributed by atoms with E-state index in [1.165, 1.54) is 0 Å². The maximum atomic E-state index is 10.1. The van der Waals surface area contributed by atoms with E-state index >= 15 is 0 Å². The van der Waals surface area contributed by atoms with Crippen LogP contribution in [0.3, 0.4) is 0 Å². The summed E-state index contributed by atoms with van der Waals surface area (Å²) < 4.78 is 27.3. The smallest absolute Gasteiger partial charge is 0.229 e. The number of anilines is 3. The van der Waals surface area contributed by atoms with Crippen molar-refractivity contribution in [3.63, 3.8) is 0 Å². The number of aliphatic hydroxyl groups excluding tert-OH is 1. The Hall–Kier alpha value is -3.88. The van der Waals surface area contributed by atoms with E-state index in [-0.39, 0.29) is 29.8 Å². The first-order valence-electron chi connectivity index (χ1n) is 16.9. The Morgan fingerprint density at radius 3 is 2.31 bits per heavy atom. The fraction of sp³-hybridized carbons (Fsp3) is 0.588. The number of nitrogens with one attached hydrogen (secondary N) is 1. The molecule has 2 fully saturated rings. The van der Waals surface area contributed by atoms with E-state index in [2.05, 4.69) is 53.7 Å². The predicted octanol–water partition coefficient (Wildman–Crippen LogP) is 6.25. The standard InChI is InChI=1S/C34H50N8O5Si/c1-34(2,3)48(7,8)47-25-13-11-22(12-14-25)42-32-26(18-36-42)31(38-33(39-32)41-15-9-10-23(41)20-43)37-29-19-40(21-35-29)24-16-27(44-4)30(46-6)28(17-24)45-5/h16-19,21-23,25,43H,9-15,20H2,1-8H3,(H,37,38,39)/t22-,23-,25+/m0/s1. The minimum atomic E-state index is -1.84. The van der Waals surface area contributed by atoms with Gasteiger partial charge in [-0.1, -0.05) is 20.8 Å². The highest BCUT2D eigenvalue weighted by Gasteiger charge is 2.40. The van der Waals surface area contributed by atoms with Gasteiger partial charge in [0, 0.05) is 24.8 Å². The molecule has 0 bridgehead atoms. The molecule has 1 aliphatic heterocycles. The number of aromatic nitrogens is 6. The van der Waals surface area contributed by atoms with Gasteiger partial charge in [-0.15, -0.1) is 0 Å². The lowest BCUT2D eigenvalue weighted by molar-refractivity contribution is 0.116. The fourth-order valence-electron chi connectivity index (χ4n) is 6.56. The van der Waals surface area contributed by atoms with Crippen molar-refractivity contribution >= 4 is 36.9 Å². The Morgan fingerprint density at radius 2 is 1.69 bits per heavy atom. The first kappa shape index (κ1) is 34.0. The van der Waals surface area contributed by atoms with E-state index in [0.29, 0.717) is 34.8 Å². The van der Waals surface area contributed by atoms with Crippen LogP contribution in [0.1, 0.15) is 65.3 Å². The summed E-state index contributed by atoms with van der Waals surface area (Å²) in [5.74, 6) is 3.43. The zero-order chi connectivity index (χ0) is 34.2. The maximum Gasteiger partial charge on any atom is 0.229 e. The normalized spacial score (nSPS) is 20.4. The monoisotopic (exact) mass is 678 g/mol. The van der Waals surface area contributed by atoms with E-state index in [9.17, 15) is 5.11 Å². The van der Waals surface area contributed by atoms with Gasteiger partial charge in [0.05, 0.1) is 63.5 Å². The number of benzene rings is 1. The molecule has 2 N–H and O–H groups in total. The lowest BCUT2D eigenvalue weighted by Crippen LogP contribution is -2.44. The second-order valence-electron chi connectivity index (χ2n) is 14.4. The summed E-state index contributed by atoms with van der Waals surface area (Å²) >= 11 is 0. The van der Waals surface area contributed by atoms with Gasteiger partial charge in [0.2, 0.25) is 11.7 Å². The molecule has 1 atom stereocenters. The molecule has 14 heteroatoms. The molecule has 0 amide bonds. The second-order valence-corrected chi connectivity index (χ2v) is 19.1. The molecule has 0 radical (unpaired) electrons. The first-order valence-corrected chi connectivity index (χ1v) is 19.8. The van der Waals surface area contributed by atoms with Crippen LogP contribution in [0.25, 0.3) is 16.7 Å². The average Bonchev–Trinajstić information content (AvgIpc) is 3.84. The quantitative estimate of drug-likeness (QED) is 0.175. The zero-order valence-electron chi connectivity index (χ0n) is 29.5. The Balaban J connectivity index is 1.30. The Kier molecular flexibility index (Phi) is 9.60. The minimum absolute atomic E-state index is 0.0196. The topological polar surface area (TPSA) is 134 Å². The van der Waals surface area contributed by atoms with Gasteiger partial charge in [0.1, 0.15) is 18.0 Å². The van der Waals surface area contributed by atoms with Crippen molar-refractivity contribution in [2.45, 2.75) is 95.6 Å². The third kappa shape index (κ3) is 6.57. The van der Waals surface area contributed by atoms with Crippen LogP contribution < -0.4 is 24.4 Å². The number of hydrogen-bond donors (Lipinski definition) is 2. The van der Waals surface area contributed by atoms with Crippen LogP contribution >= 0.6 is 0 Å². The summed E-state index contributed by atoms with van der Waals surface area (Å²) in [6, 6.07) is 3.93. The Morgan fingerprint density at radius 1 is 0.979 bits per heavy atom. The van der Waals surface area contributed by atoms with Crippen LogP contribution in [0.5, 0.6) is 17.2 Å². The van der Waals surface area contributed by atoms with Crippen molar-refractivity contribution in [2.24, 2.45) is 0 Å². The predicted molar refractivity (Wildman–Crippen MR) is 189 cm³/mol. The molecule has 1 saturated heterocycles. The van der Waals surface area contributed by atoms with E-state index in [1.54, 1.807) is 27.7 Å². The molecule has 1 aliphatic carbocycles. The average molecular weight is 679 g/mol. The van der Waals surface area contributed by atoms with Crippen LogP contribution in [0, 0.1) is 0 Å². The molecule has 6 rings (SSSR count). The summed E-state index contributed by atoms with van der Waals surface area (Å²) in [6.07, 6.45) is 11.6. The highest BCUT2D eigenvalue weighted by molar-refractivity contribution is 6.74. The van der Waals surface area contributed by atoms with Gasteiger partial charge in [-0.25, -0.2) is 9.67 Å². The third-order valence-electron chi connectivity index (χ3n) is 10.3. The van der Waals surface area contributed by atoms with Crippen molar-refractivity contribution in [3.05, 3.63) is 30.9 Å². The van der Waals surface area contributed by atoms with Crippen LogP contribution in [0.2, 0.25) is 18.1 Å². The van der Waals surface area contributed by atoms with Gasteiger partial charge >= 0.3 is 0 Å². The molecule has 2 aliphatic rings. The highest BCUT2D eigenvalue weighted by atomic mass is 28.4. The number of nitrogens with zero attached hydrogens (tertiary/aromatic N) is 7. The number of imidazole rings is 1. The summed E-state index contributed by atoms with van der Waals surface area (Å²) in [6.45, 7) is 12.4. The minimum Gasteiger partial charge on any atom is -0.493 e. The summed E-state index contributed by atoms with van der Waals surface area (Å²) in [5, 5.41) is 19.5. The molecule has 0 spiro atoms. The summed E-state index contributed by atoms with van der Waals surface area (Å²) in [4.78, 5) is 16.8. The Bertz CT molecular complexity index is 1700. The molecule has 1 saturated carbocycles. The van der Waals surface area contributed by atoms with Gasteiger partial charge < -0.3 is 38.5 Å². The van der Waals surface area contributed by atoms with Gasteiger partial charge in [-0.3, -0.25) is 0 Å². The van der Waals surface area contributed by atoms with Crippen molar-refractivity contribution in [1.82, 2.24) is 29.3 Å². The van der Waals surface area contributed by atoms with Crippen molar-refractivity contribution in [3.8, 4) is 22.9 Å². The van der Waals surface area contributed by atoms with Gasteiger partial charge in [-0.05, 0) is 56.7 Å². The lowest BCUT2D eigenvalue weighted by Gasteiger charge is -2.41. The van der Waals surface area contributed by atoms with Crippen LogP contribution in [-0.4, -0.2) is 89.4 Å². The molecule has 1 aromatic carbocycles. The SMILES string of the molecule is COc1cc(-n2cnc(Nc3nc(N4CCC[C@H]4CO)nc4c3cnn4[C@H]3CC[C@@H](O[Si](C)(C)C(C)(C)C)CC3)c2)cc(OC)c1OC. The van der Waals surface area contributed by atoms with Crippen LogP contribution in [-0.2, 0) is 4.43 Å². The summed E-state index contributed by atoms with van der Waals surface area (Å²) in [5.41, 5.74) is 1.58. The molecular formula is C34H50N8O5Si. The number of methoxy groups -OCH3 is 3. The van der Waals surface area contributed by atoms with Crippen LogP contribution in [0.15, 0.2) is 30.9 Å². The lowest BCUT2D eigenvalue weighted by atomic mass is 9.93. The zero-order valence-corrected chi connectivity index (χ0v) is 30.5. The Labute approximate surface area is 283 Å². The number of hydrogen-bond acceptors (Lipinski definition) is 11. The van der Waals surface area contributed by atoms with E-state index in [4.69, 9.17) is 33.7 Å². The van der Waals surface area contributed by atoms with Gasteiger partial charge in [0.15, 0.2) is 25.5 Å². The molecule has 48 heavy (non-hydrogen) atoms. The van der Waals surface area contributed by atoms with E-state index in [0.717, 1.165) is 61.8 Å². The first-order chi connectivity index (χ1) is 23.0. The second kappa shape index (κ2) is 13.6. The maximum absolute atomic E-state index is 10.1. The van der Waals surface area contributed by atoms with E-state index in [1.807, 2.05) is 29.1 Å². The molecule has 0 unspecified atom stereocenters. The molecule has 13 nitrogen and oxygen atoms in total. The van der Waals surface area contributed by atoms with Gasteiger partial charge in [-0.2, -0.15) is 15.1 Å². The third-order valence-corrected chi connectivity index (χ3v) is 14.9. The number of rotatable bonds is 11. The molecular weight excluding hydrogens is 629 g/mol. The van der Waals surface area contributed by atoms with Gasteiger partial charge in [0.25, 0.3) is 0 Å². The van der Waals surface area contributed by atoms with Crippen LogP contribution in [0.4, 0.5) is 17.6 Å². The number of aliphatic hydroxyl groups is 1. The largest absolute Gasteiger partial charge is 0.493 e. The molecule has 4 heterocycles. The molecule has 3 aromatic heterocycles. The highest BCUT2D eigenvalue weighted by Crippen LogP contribution is 2.42. The summed E-state index contributed by atoms with van der Waals surface area (Å²) in [7, 11) is 2.93.